The van der Waals surface area contributed by atoms with Crippen LogP contribution in [0.1, 0.15) is 30.9 Å². The monoisotopic (exact) mass is 275 g/mol. The van der Waals surface area contributed by atoms with Gasteiger partial charge in [0.15, 0.2) is 0 Å². The van der Waals surface area contributed by atoms with Crippen molar-refractivity contribution in [2.45, 2.75) is 38.6 Å². The Labute approximate surface area is 119 Å². The Kier molecular flexibility index (Phi) is 4.42. The molecule has 0 aliphatic heterocycles. The second-order valence-corrected chi connectivity index (χ2v) is 5.60. The van der Waals surface area contributed by atoms with Gasteiger partial charge in [0.25, 0.3) is 0 Å². The maximum atomic E-state index is 12.1. The predicted molar refractivity (Wildman–Crippen MR) is 76.4 cm³/mol. The first-order valence-corrected chi connectivity index (χ1v) is 7.04. The molecule has 0 saturated heterocycles. The van der Waals surface area contributed by atoms with E-state index in [0.717, 1.165) is 19.3 Å². The van der Waals surface area contributed by atoms with Gasteiger partial charge in [-0.25, -0.2) is 4.79 Å². The van der Waals surface area contributed by atoms with Crippen molar-refractivity contribution in [2.24, 2.45) is 5.92 Å². The summed E-state index contributed by atoms with van der Waals surface area (Å²) < 4.78 is 0. The minimum atomic E-state index is -0.963. The first-order valence-electron chi connectivity index (χ1n) is 7.04. The van der Waals surface area contributed by atoms with Crippen LogP contribution >= 0.6 is 0 Å². The number of carboxylic acids is 1. The summed E-state index contributed by atoms with van der Waals surface area (Å²) in [4.78, 5) is 24.4. The van der Waals surface area contributed by atoms with E-state index in [-0.39, 0.29) is 5.91 Å². The number of hydrogen-bond acceptors (Lipinski definition) is 2. The van der Waals surface area contributed by atoms with Crippen LogP contribution < -0.4 is 0 Å². The lowest BCUT2D eigenvalue weighted by Crippen LogP contribution is -2.41. The third kappa shape index (κ3) is 3.18. The SMILES string of the molecule is CC(C(=O)O)N(C)C(=O)CC1CCc2ccccc2C1. The van der Waals surface area contributed by atoms with E-state index in [2.05, 4.69) is 12.1 Å². The molecule has 0 heterocycles. The van der Waals surface area contributed by atoms with E-state index in [0.29, 0.717) is 12.3 Å². The van der Waals surface area contributed by atoms with Gasteiger partial charge in [0.1, 0.15) is 6.04 Å². The molecule has 4 nitrogen and oxygen atoms in total. The summed E-state index contributed by atoms with van der Waals surface area (Å²) in [6, 6.07) is 7.58. The zero-order valence-corrected chi connectivity index (χ0v) is 12.0. The number of carboxylic acid groups (broad SMARTS) is 1. The number of hydrogen-bond donors (Lipinski definition) is 1. The largest absolute Gasteiger partial charge is 0.480 e. The maximum absolute atomic E-state index is 12.1. The van der Waals surface area contributed by atoms with E-state index in [1.54, 1.807) is 7.05 Å². The number of nitrogens with zero attached hydrogens (tertiary/aromatic N) is 1. The van der Waals surface area contributed by atoms with Crippen molar-refractivity contribution in [1.82, 2.24) is 4.90 Å². The van der Waals surface area contributed by atoms with Crippen molar-refractivity contribution < 1.29 is 14.7 Å². The number of likely N-dealkylation sites (N-methyl/N-ethyl adjacent to an activating group) is 1. The number of fused-ring (bicyclic) bond motifs is 1. The maximum Gasteiger partial charge on any atom is 0.326 e. The number of carbonyl (C=O) groups is 2. The van der Waals surface area contributed by atoms with Crippen LogP contribution in [0.5, 0.6) is 0 Å². The van der Waals surface area contributed by atoms with Gasteiger partial charge < -0.3 is 10.0 Å². The van der Waals surface area contributed by atoms with Crippen LogP contribution in [0, 0.1) is 5.92 Å². The molecule has 2 unspecified atom stereocenters. The van der Waals surface area contributed by atoms with Crippen molar-refractivity contribution >= 4 is 11.9 Å². The van der Waals surface area contributed by atoms with Gasteiger partial charge in [-0.15, -0.1) is 0 Å². The van der Waals surface area contributed by atoms with Gasteiger partial charge in [-0.1, -0.05) is 24.3 Å². The number of benzene rings is 1. The molecule has 108 valence electrons. The highest BCUT2D eigenvalue weighted by atomic mass is 16.4. The quantitative estimate of drug-likeness (QED) is 0.915. The number of carbonyl (C=O) groups excluding carboxylic acids is 1. The summed E-state index contributed by atoms with van der Waals surface area (Å²) >= 11 is 0. The van der Waals surface area contributed by atoms with Crippen LogP contribution in [0.15, 0.2) is 24.3 Å². The lowest BCUT2D eigenvalue weighted by atomic mass is 9.82. The summed E-state index contributed by atoms with van der Waals surface area (Å²) in [5.41, 5.74) is 2.70. The van der Waals surface area contributed by atoms with Gasteiger partial charge in [-0.2, -0.15) is 0 Å². The Bertz CT molecular complexity index is 512. The summed E-state index contributed by atoms with van der Waals surface area (Å²) in [5.74, 6) is -0.722. The third-order valence-electron chi connectivity index (χ3n) is 4.24. The van der Waals surface area contributed by atoms with Gasteiger partial charge >= 0.3 is 5.97 Å². The fraction of sp³-hybridized carbons (Fsp3) is 0.500. The molecule has 1 aliphatic carbocycles. The van der Waals surface area contributed by atoms with Gasteiger partial charge in [-0.3, -0.25) is 4.79 Å². The fourth-order valence-electron chi connectivity index (χ4n) is 2.72. The molecule has 1 N–H and O–H groups in total. The summed E-state index contributed by atoms with van der Waals surface area (Å²) in [6.45, 7) is 1.54. The van der Waals surface area contributed by atoms with Crippen molar-refractivity contribution in [3.8, 4) is 0 Å². The topological polar surface area (TPSA) is 57.6 Å². The van der Waals surface area contributed by atoms with E-state index >= 15 is 0 Å². The standard InChI is InChI=1S/C16H21NO3/c1-11(16(19)20)17(2)15(18)10-12-7-8-13-5-3-4-6-14(13)9-12/h3-6,11-12H,7-10H2,1-2H3,(H,19,20). The van der Waals surface area contributed by atoms with E-state index in [4.69, 9.17) is 5.11 Å². The molecule has 0 saturated carbocycles. The minimum Gasteiger partial charge on any atom is -0.480 e. The second kappa shape index (κ2) is 6.07. The Hall–Kier alpha value is -1.84. The minimum absolute atomic E-state index is 0.0794. The van der Waals surface area contributed by atoms with E-state index in [1.165, 1.54) is 23.0 Å². The van der Waals surface area contributed by atoms with Crippen molar-refractivity contribution in [1.29, 1.82) is 0 Å². The molecule has 1 aromatic carbocycles. The molecule has 0 spiro atoms. The van der Waals surface area contributed by atoms with Crippen LogP contribution in [-0.4, -0.2) is 35.0 Å². The highest BCUT2D eigenvalue weighted by molar-refractivity contribution is 5.83. The summed E-state index contributed by atoms with van der Waals surface area (Å²) in [5, 5.41) is 8.94. The summed E-state index contributed by atoms with van der Waals surface area (Å²) in [6.07, 6.45) is 3.35. The van der Waals surface area contributed by atoms with Crippen LogP contribution in [0.3, 0.4) is 0 Å². The first kappa shape index (κ1) is 14.6. The highest BCUT2D eigenvalue weighted by Crippen LogP contribution is 2.27. The normalized spacial score (nSPS) is 19.0. The van der Waals surface area contributed by atoms with E-state index in [9.17, 15) is 9.59 Å². The third-order valence-corrected chi connectivity index (χ3v) is 4.24. The lowest BCUT2D eigenvalue weighted by Gasteiger charge is -2.27. The van der Waals surface area contributed by atoms with Crippen LogP contribution in [-0.2, 0) is 22.4 Å². The van der Waals surface area contributed by atoms with Crippen molar-refractivity contribution in [3.63, 3.8) is 0 Å². The van der Waals surface area contributed by atoms with E-state index < -0.39 is 12.0 Å². The van der Waals surface area contributed by atoms with Crippen molar-refractivity contribution in [3.05, 3.63) is 35.4 Å². The number of aryl methyl sites for hydroxylation is 1. The number of rotatable bonds is 4. The molecule has 2 rings (SSSR count). The number of aliphatic carboxylic acids is 1. The fourth-order valence-corrected chi connectivity index (χ4v) is 2.72. The molecular weight excluding hydrogens is 254 g/mol. The number of amides is 1. The average molecular weight is 275 g/mol. The molecule has 0 aromatic heterocycles. The molecule has 2 atom stereocenters. The smallest absolute Gasteiger partial charge is 0.326 e. The molecule has 1 aliphatic rings. The van der Waals surface area contributed by atoms with Gasteiger partial charge in [0.05, 0.1) is 0 Å². The Balaban J connectivity index is 1.95. The highest BCUT2D eigenvalue weighted by Gasteiger charge is 2.26. The lowest BCUT2D eigenvalue weighted by molar-refractivity contribution is -0.148. The Morgan fingerprint density at radius 3 is 2.65 bits per heavy atom. The Morgan fingerprint density at radius 1 is 1.35 bits per heavy atom. The molecule has 1 aromatic rings. The molecule has 0 bridgehead atoms. The summed E-state index contributed by atoms with van der Waals surface area (Å²) in [7, 11) is 1.57. The molecule has 1 amide bonds. The van der Waals surface area contributed by atoms with Gasteiger partial charge in [0, 0.05) is 13.5 Å². The second-order valence-electron chi connectivity index (χ2n) is 5.60. The van der Waals surface area contributed by atoms with Crippen LogP contribution in [0.25, 0.3) is 0 Å². The molecule has 0 fully saturated rings. The molecule has 4 heteroatoms. The van der Waals surface area contributed by atoms with Crippen LogP contribution in [0.4, 0.5) is 0 Å². The molecular formula is C16H21NO3. The zero-order chi connectivity index (χ0) is 14.7. The van der Waals surface area contributed by atoms with Gasteiger partial charge in [0.2, 0.25) is 5.91 Å². The van der Waals surface area contributed by atoms with Crippen LogP contribution in [0.2, 0.25) is 0 Å². The van der Waals surface area contributed by atoms with Gasteiger partial charge in [-0.05, 0) is 43.2 Å². The Morgan fingerprint density at radius 2 is 2.00 bits per heavy atom. The first-order chi connectivity index (χ1) is 9.49. The van der Waals surface area contributed by atoms with Crippen molar-refractivity contribution in [2.75, 3.05) is 7.05 Å². The predicted octanol–water partition coefficient (Wildman–Crippen LogP) is 2.11. The molecule has 0 radical (unpaired) electrons. The van der Waals surface area contributed by atoms with E-state index in [1.807, 2.05) is 12.1 Å². The average Bonchev–Trinajstić information content (AvgIpc) is 2.45. The zero-order valence-electron chi connectivity index (χ0n) is 12.0. The molecule has 20 heavy (non-hydrogen) atoms.